The Morgan fingerprint density at radius 1 is 1.44 bits per heavy atom. The van der Waals surface area contributed by atoms with E-state index in [1.165, 1.54) is 6.20 Å². The van der Waals surface area contributed by atoms with Crippen LogP contribution in [0.15, 0.2) is 23.2 Å². The quantitative estimate of drug-likeness (QED) is 0.903. The second-order valence-corrected chi connectivity index (χ2v) is 7.09. The standard InChI is InChI=1S/C11H17N3O2S2/c1-2-12-11-9-10(3-4-13-11)18(15,16)14-5-7-17-8-6-14/h3-4,9H,2,5-8H2,1H3,(H,12,13). The molecule has 5 nitrogen and oxygen atoms in total. The van der Waals surface area contributed by atoms with Gasteiger partial charge in [-0.15, -0.1) is 0 Å². The van der Waals surface area contributed by atoms with Crippen LogP contribution in [0.1, 0.15) is 6.92 Å². The molecule has 7 heteroatoms. The number of nitrogens with zero attached hydrogens (tertiary/aromatic N) is 2. The number of nitrogens with one attached hydrogen (secondary N) is 1. The van der Waals surface area contributed by atoms with E-state index in [1.54, 1.807) is 28.2 Å². The van der Waals surface area contributed by atoms with Crippen LogP contribution in [0.4, 0.5) is 5.82 Å². The number of sulfonamides is 1. The van der Waals surface area contributed by atoms with Crippen molar-refractivity contribution < 1.29 is 8.42 Å². The molecule has 1 saturated heterocycles. The summed E-state index contributed by atoms with van der Waals surface area (Å²) in [5.74, 6) is 2.33. The molecule has 0 amide bonds. The van der Waals surface area contributed by atoms with Crippen molar-refractivity contribution in [1.29, 1.82) is 0 Å². The Balaban J connectivity index is 2.25. The molecule has 18 heavy (non-hydrogen) atoms. The molecule has 1 aromatic heterocycles. The van der Waals surface area contributed by atoms with Crippen molar-refractivity contribution in [3.8, 4) is 0 Å². The average Bonchev–Trinajstić information content (AvgIpc) is 2.40. The first-order valence-corrected chi connectivity index (χ1v) is 8.52. The molecule has 1 N–H and O–H groups in total. The molecule has 0 saturated carbocycles. The maximum absolute atomic E-state index is 12.4. The Hall–Kier alpha value is -0.790. The Bertz CT molecular complexity index is 499. The molecule has 100 valence electrons. The van der Waals surface area contributed by atoms with Crippen molar-refractivity contribution in [2.45, 2.75) is 11.8 Å². The highest BCUT2D eigenvalue weighted by Crippen LogP contribution is 2.21. The van der Waals surface area contributed by atoms with Crippen molar-refractivity contribution in [2.75, 3.05) is 36.5 Å². The fourth-order valence-corrected chi connectivity index (χ4v) is 4.37. The van der Waals surface area contributed by atoms with Crippen molar-refractivity contribution in [2.24, 2.45) is 0 Å². The van der Waals surface area contributed by atoms with Gasteiger partial charge >= 0.3 is 0 Å². The van der Waals surface area contributed by atoms with E-state index in [1.807, 2.05) is 6.92 Å². The summed E-state index contributed by atoms with van der Waals surface area (Å²) < 4.78 is 26.4. The van der Waals surface area contributed by atoms with Crippen LogP contribution < -0.4 is 5.32 Å². The zero-order valence-corrected chi connectivity index (χ0v) is 11.9. The van der Waals surface area contributed by atoms with E-state index >= 15 is 0 Å². The fourth-order valence-electron chi connectivity index (χ4n) is 1.79. The monoisotopic (exact) mass is 287 g/mol. The summed E-state index contributed by atoms with van der Waals surface area (Å²) in [4.78, 5) is 4.41. The zero-order chi connectivity index (χ0) is 13.0. The third kappa shape index (κ3) is 2.96. The topological polar surface area (TPSA) is 62.3 Å². The summed E-state index contributed by atoms with van der Waals surface area (Å²) in [5, 5.41) is 3.02. The van der Waals surface area contributed by atoms with Gasteiger partial charge in [0.05, 0.1) is 4.90 Å². The van der Waals surface area contributed by atoms with Crippen LogP contribution in [0.25, 0.3) is 0 Å². The minimum atomic E-state index is -3.36. The minimum absolute atomic E-state index is 0.320. The van der Waals surface area contributed by atoms with E-state index in [0.717, 1.165) is 18.1 Å². The van der Waals surface area contributed by atoms with Gasteiger partial charge in [0.1, 0.15) is 5.82 Å². The number of pyridine rings is 1. The van der Waals surface area contributed by atoms with Crippen LogP contribution in [0.5, 0.6) is 0 Å². The molecule has 0 aromatic carbocycles. The Morgan fingerprint density at radius 2 is 2.17 bits per heavy atom. The van der Waals surface area contributed by atoms with Crippen molar-refractivity contribution in [3.05, 3.63) is 18.3 Å². The largest absolute Gasteiger partial charge is 0.370 e. The van der Waals surface area contributed by atoms with E-state index in [4.69, 9.17) is 0 Å². The Labute approximate surface area is 112 Å². The first-order chi connectivity index (χ1) is 8.64. The summed E-state index contributed by atoms with van der Waals surface area (Å²) in [6.45, 7) is 3.85. The van der Waals surface area contributed by atoms with Gasteiger partial charge < -0.3 is 5.32 Å². The predicted molar refractivity (Wildman–Crippen MR) is 74.5 cm³/mol. The van der Waals surface area contributed by atoms with Gasteiger partial charge in [0.2, 0.25) is 10.0 Å². The maximum Gasteiger partial charge on any atom is 0.243 e. The summed E-state index contributed by atoms with van der Waals surface area (Å²) >= 11 is 1.79. The number of rotatable bonds is 4. The van der Waals surface area contributed by atoms with Crippen molar-refractivity contribution >= 4 is 27.6 Å². The summed E-state index contributed by atoms with van der Waals surface area (Å²) in [7, 11) is -3.36. The summed E-state index contributed by atoms with van der Waals surface area (Å²) in [5.41, 5.74) is 0. The average molecular weight is 287 g/mol. The van der Waals surface area contributed by atoms with Gasteiger partial charge in [-0.05, 0) is 13.0 Å². The molecule has 2 heterocycles. The molecule has 2 rings (SSSR count). The highest BCUT2D eigenvalue weighted by molar-refractivity contribution is 7.99. The summed E-state index contributed by atoms with van der Waals surface area (Å²) in [6.07, 6.45) is 1.53. The maximum atomic E-state index is 12.4. The smallest absolute Gasteiger partial charge is 0.243 e. The van der Waals surface area contributed by atoms with Crippen molar-refractivity contribution in [1.82, 2.24) is 9.29 Å². The van der Waals surface area contributed by atoms with Crippen molar-refractivity contribution in [3.63, 3.8) is 0 Å². The van der Waals surface area contributed by atoms with Crippen LogP contribution >= 0.6 is 11.8 Å². The minimum Gasteiger partial charge on any atom is -0.370 e. The number of hydrogen-bond acceptors (Lipinski definition) is 5. The van der Waals surface area contributed by atoms with E-state index in [2.05, 4.69) is 10.3 Å². The lowest BCUT2D eigenvalue weighted by Gasteiger charge is -2.25. The number of aromatic nitrogens is 1. The van der Waals surface area contributed by atoms with Crippen LogP contribution in [0, 0.1) is 0 Å². The van der Waals surface area contributed by atoms with Gasteiger partial charge in [0.25, 0.3) is 0 Å². The van der Waals surface area contributed by atoms with Gasteiger partial charge in [0.15, 0.2) is 0 Å². The molecule has 0 aliphatic carbocycles. The van der Waals surface area contributed by atoms with E-state index in [-0.39, 0.29) is 0 Å². The normalized spacial score (nSPS) is 17.6. The molecule has 0 bridgehead atoms. The number of thioether (sulfide) groups is 1. The molecule has 1 fully saturated rings. The molecule has 0 atom stereocenters. The van der Waals surface area contributed by atoms with Crippen LogP contribution in [-0.4, -0.2) is 48.8 Å². The highest BCUT2D eigenvalue weighted by Gasteiger charge is 2.26. The van der Waals surface area contributed by atoms with Gasteiger partial charge in [-0.25, -0.2) is 13.4 Å². The lowest BCUT2D eigenvalue weighted by molar-refractivity contribution is 0.443. The molecular weight excluding hydrogens is 270 g/mol. The first-order valence-electron chi connectivity index (χ1n) is 5.92. The summed E-state index contributed by atoms with van der Waals surface area (Å²) in [6, 6.07) is 3.15. The van der Waals surface area contributed by atoms with Crippen LogP contribution in [0.2, 0.25) is 0 Å². The van der Waals surface area contributed by atoms with E-state index in [0.29, 0.717) is 23.8 Å². The van der Waals surface area contributed by atoms with Crippen LogP contribution in [-0.2, 0) is 10.0 Å². The first kappa shape index (κ1) is 13.6. The second kappa shape index (κ2) is 5.90. The van der Waals surface area contributed by atoms with E-state index < -0.39 is 10.0 Å². The molecular formula is C11H17N3O2S2. The zero-order valence-electron chi connectivity index (χ0n) is 10.3. The SMILES string of the molecule is CCNc1cc(S(=O)(=O)N2CCSCC2)ccn1. The van der Waals surface area contributed by atoms with Gasteiger partial charge in [-0.1, -0.05) is 0 Å². The van der Waals surface area contributed by atoms with Gasteiger partial charge in [0, 0.05) is 43.4 Å². The molecule has 0 radical (unpaired) electrons. The third-order valence-corrected chi connectivity index (χ3v) is 5.53. The molecule has 1 aliphatic heterocycles. The number of anilines is 1. The third-order valence-electron chi connectivity index (χ3n) is 2.70. The number of hydrogen-bond donors (Lipinski definition) is 1. The second-order valence-electron chi connectivity index (χ2n) is 3.92. The van der Waals surface area contributed by atoms with E-state index in [9.17, 15) is 8.42 Å². The van der Waals surface area contributed by atoms with Gasteiger partial charge in [-0.3, -0.25) is 0 Å². The lowest BCUT2D eigenvalue weighted by Crippen LogP contribution is -2.37. The Kier molecular flexibility index (Phi) is 4.47. The Morgan fingerprint density at radius 3 is 2.83 bits per heavy atom. The molecule has 0 unspecified atom stereocenters. The fraction of sp³-hybridized carbons (Fsp3) is 0.545. The molecule has 1 aromatic rings. The predicted octanol–water partition coefficient (Wildman–Crippen LogP) is 1.25. The van der Waals surface area contributed by atoms with Gasteiger partial charge in [-0.2, -0.15) is 16.1 Å². The molecule has 1 aliphatic rings. The lowest BCUT2D eigenvalue weighted by atomic mass is 10.4. The van der Waals surface area contributed by atoms with Crippen LogP contribution in [0.3, 0.4) is 0 Å². The highest BCUT2D eigenvalue weighted by atomic mass is 32.2. The molecule has 0 spiro atoms.